The van der Waals surface area contributed by atoms with Crippen LogP contribution in [0.25, 0.3) is 33.8 Å². The second kappa shape index (κ2) is 11.5. The molecule has 0 aliphatic carbocycles. The molecule has 0 bridgehead atoms. The summed E-state index contributed by atoms with van der Waals surface area (Å²) in [6, 6.07) is 43.8. The maximum Gasteiger partial charge on any atom is 0.213 e. The minimum absolute atomic E-state index is 0.995. The van der Waals surface area contributed by atoms with E-state index in [1.54, 1.807) is 6.20 Å². The van der Waals surface area contributed by atoms with E-state index in [0.717, 1.165) is 28.8 Å². The fraction of sp³-hybridized carbons (Fsp3) is 0.0571. The molecule has 188 valence electrons. The van der Waals surface area contributed by atoms with E-state index in [1.807, 2.05) is 42.5 Å². The summed E-state index contributed by atoms with van der Waals surface area (Å²) < 4.78 is 5.64. The highest BCUT2D eigenvalue weighted by Gasteiger charge is 2.24. The van der Waals surface area contributed by atoms with Crippen LogP contribution in [0.1, 0.15) is 11.1 Å². The molecule has 0 amide bonds. The first-order chi connectivity index (χ1) is 19.3. The Morgan fingerprint density at radius 3 is 1.51 bits per heavy atom. The van der Waals surface area contributed by atoms with E-state index in [4.69, 9.17) is 0 Å². The summed E-state index contributed by atoms with van der Waals surface area (Å²) in [5.41, 5.74) is 10.4. The van der Waals surface area contributed by atoms with Gasteiger partial charge < -0.3 is 0 Å². The van der Waals surface area contributed by atoms with Gasteiger partial charge in [0, 0.05) is 51.6 Å². The Kier molecular flexibility index (Phi) is 7.37. The Morgan fingerprint density at radius 2 is 0.974 bits per heavy atom. The first-order valence-corrected chi connectivity index (χ1v) is 13.9. The molecule has 0 saturated heterocycles. The molecule has 4 heteroatoms. The van der Waals surface area contributed by atoms with Crippen molar-refractivity contribution in [2.24, 2.45) is 0 Å². The molecule has 0 N–H and O–H groups in total. The molecule has 39 heavy (non-hydrogen) atoms. The topological polar surface area (TPSA) is 20.6 Å². The van der Waals surface area contributed by atoms with Crippen LogP contribution in [0.5, 0.6) is 0 Å². The summed E-state index contributed by atoms with van der Waals surface area (Å²) >= 11 is 3.49. The van der Waals surface area contributed by atoms with Gasteiger partial charge in [0.2, 0.25) is 11.4 Å². The standard InChI is InChI=1S/2C12H10N.C11H8BrN/c2*1-2-6-11-10(5-1)9-13-8-4-3-7-12(11)13;12-10-6-2-1-5-9(10)11-7-3-4-8-13-11/h2*1-8H,9H2;1-8H/q2*+1;. The van der Waals surface area contributed by atoms with Gasteiger partial charge in [0.15, 0.2) is 25.5 Å². The Balaban J connectivity index is 0.000000106. The molecule has 2 aliphatic heterocycles. The minimum atomic E-state index is 0.995. The van der Waals surface area contributed by atoms with Crippen LogP contribution in [0.15, 0.2) is 150 Å². The van der Waals surface area contributed by atoms with Crippen molar-refractivity contribution in [3.8, 4) is 33.8 Å². The Bertz CT molecular complexity index is 1540. The monoisotopic (exact) mass is 569 g/mol. The van der Waals surface area contributed by atoms with Gasteiger partial charge in [-0.25, -0.2) is 0 Å². The van der Waals surface area contributed by atoms with E-state index in [9.17, 15) is 0 Å². The number of benzene rings is 3. The molecule has 6 aromatic rings. The van der Waals surface area contributed by atoms with Gasteiger partial charge in [-0.2, -0.15) is 9.13 Å². The molecule has 8 rings (SSSR count). The van der Waals surface area contributed by atoms with Crippen molar-refractivity contribution in [2.75, 3.05) is 0 Å². The van der Waals surface area contributed by atoms with Crippen molar-refractivity contribution >= 4 is 15.9 Å². The number of aromatic nitrogens is 3. The molecular weight excluding hydrogens is 542 g/mol. The largest absolute Gasteiger partial charge is 0.256 e. The van der Waals surface area contributed by atoms with Crippen molar-refractivity contribution in [1.29, 1.82) is 0 Å². The minimum Gasteiger partial charge on any atom is -0.256 e. The van der Waals surface area contributed by atoms with Crippen molar-refractivity contribution in [1.82, 2.24) is 4.98 Å². The van der Waals surface area contributed by atoms with Crippen LogP contribution < -0.4 is 9.13 Å². The van der Waals surface area contributed by atoms with Crippen molar-refractivity contribution < 1.29 is 9.13 Å². The van der Waals surface area contributed by atoms with Crippen LogP contribution in [-0.4, -0.2) is 4.98 Å². The first-order valence-electron chi connectivity index (χ1n) is 13.1. The predicted octanol–water partition coefficient (Wildman–Crippen LogP) is 7.52. The third-order valence-electron chi connectivity index (χ3n) is 6.96. The number of fused-ring (bicyclic) bond motifs is 6. The van der Waals surface area contributed by atoms with E-state index in [1.165, 1.54) is 33.6 Å². The average Bonchev–Trinajstić information content (AvgIpc) is 3.57. The summed E-state index contributed by atoms with van der Waals surface area (Å²) in [6.45, 7) is 2.04. The average molecular weight is 571 g/mol. The van der Waals surface area contributed by atoms with Crippen molar-refractivity contribution in [3.05, 3.63) is 162 Å². The van der Waals surface area contributed by atoms with Crippen LogP contribution in [0.2, 0.25) is 0 Å². The van der Waals surface area contributed by atoms with E-state index in [-0.39, 0.29) is 0 Å². The SMILES string of the molecule is Brc1ccccc1-c1ccccn1.c1ccc2c(c1)C[n+]1ccccc1-2.c1ccc2c(c1)C[n+]1ccccc1-2. The van der Waals surface area contributed by atoms with Crippen LogP contribution in [0.4, 0.5) is 0 Å². The van der Waals surface area contributed by atoms with Gasteiger partial charge in [0.05, 0.1) is 16.8 Å². The number of halogens is 1. The third-order valence-corrected chi connectivity index (χ3v) is 7.66. The molecule has 0 saturated carbocycles. The van der Waals surface area contributed by atoms with Crippen LogP contribution >= 0.6 is 15.9 Å². The number of hydrogen-bond donors (Lipinski definition) is 0. The molecule has 3 aromatic carbocycles. The highest BCUT2D eigenvalue weighted by molar-refractivity contribution is 9.10. The lowest BCUT2D eigenvalue weighted by Crippen LogP contribution is -2.31. The fourth-order valence-electron chi connectivity index (χ4n) is 5.09. The smallest absolute Gasteiger partial charge is 0.213 e. The van der Waals surface area contributed by atoms with E-state index >= 15 is 0 Å². The van der Waals surface area contributed by atoms with Gasteiger partial charge in [-0.3, -0.25) is 4.98 Å². The van der Waals surface area contributed by atoms with Crippen molar-refractivity contribution in [3.63, 3.8) is 0 Å². The lowest BCUT2D eigenvalue weighted by molar-refractivity contribution is -0.672. The van der Waals surface area contributed by atoms with Crippen LogP contribution in [-0.2, 0) is 13.1 Å². The van der Waals surface area contributed by atoms with Gasteiger partial charge in [0.1, 0.15) is 0 Å². The molecule has 0 unspecified atom stereocenters. The normalized spacial score (nSPS) is 11.5. The predicted molar refractivity (Wildman–Crippen MR) is 160 cm³/mol. The number of pyridine rings is 3. The Hall–Kier alpha value is -4.41. The first kappa shape index (κ1) is 24.9. The summed E-state index contributed by atoms with van der Waals surface area (Å²) in [7, 11) is 0. The molecule has 0 radical (unpaired) electrons. The van der Waals surface area contributed by atoms with E-state index in [0.29, 0.717) is 0 Å². The summed E-state index contributed by atoms with van der Waals surface area (Å²) in [6.07, 6.45) is 6.07. The molecule has 5 heterocycles. The number of rotatable bonds is 1. The summed E-state index contributed by atoms with van der Waals surface area (Å²) in [4.78, 5) is 4.28. The number of hydrogen-bond acceptors (Lipinski definition) is 1. The zero-order valence-electron chi connectivity index (χ0n) is 21.5. The molecule has 0 atom stereocenters. The van der Waals surface area contributed by atoms with Gasteiger partial charge >= 0.3 is 0 Å². The Labute approximate surface area is 237 Å². The Morgan fingerprint density at radius 1 is 0.487 bits per heavy atom. The zero-order chi connectivity index (χ0) is 26.4. The quantitative estimate of drug-likeness (QED) is 0.187. The second-order valence-corrected chi connectivity index (χ2v) is 10.3. The maximum atomic E-state index is 4.28. The maximum absolute atomic E-state index is 4.28. The van der Waals surface area contributed by atoms with Gasteiger partial charge in [-0.15, -0.1) is 0 Å². The zero-order valence-corrected chi connectivity index (χ0v) is 23.1. The third kappa shape index (κ3) is 5.43. The molecule has 3 aromatic heterocycles. The van der Waals surface area contributed by atoms with E-state index < -0.39 is 0 Å². The second-order valence-electron chi connectivity index (χ2n) is 9.44. The van der Waals surface area contributed by atoms with Crippen LogP contribution in [0.3, 0.4) is 0 Å². The van der Waals surface area contributed by atoms with Crippen LogP contribution in [0, 0.1) is 0 Å². The summed E-state index contributed by atoms with van der Waals surface area (Å²) in [5.74, 6) is 0. The fourth-order valence-corrected chi connectivity index (χ4v) is 5.58. The molecular formula is C35H28BrN3+2. The van der Waals surface area contributed by atoms with Gasteiger partial charge in [-0.1, -0.05) is 76.6 Å². The highest BCUT2D eigenvalue weighted by atomic mass is 79.9. The lowest BCUT2D eigenvalue weighted by atomic mass is 10.1. The molecule has 2 aliphatic rings. The van der Waals surface area contributed by atoms with Crippen molar-refractivity contribution in [2.45, 2.75) is 13.1 Å². The highest BCUT2D eigenvalue weighted by Crippen LogP contribution is 2.27. The molecule has 0 spiro atoms. The van der Waals surface area contributed by atoms with E-state index in [2.05, 4.69) is 127 Å². The molecule has 3 nitrogen and oxygen atoms in total. The number of nitrogens with zero attached hydrogens (tertiary/aromatic N) is 3. The van der Waals surface area contributed by atoms with Gasteiger partial charge in [-0.05, 0) is 42.5 Å². The van der Waals surface area contributed by atoms with Gasteiger partial charge in [0.25, 0.3) is 0 Å². The summed E-state index contributed by atoms with van der Waals surface area (Å²) in [5, 5.41) is 0. The lowest BCUT2D eigenvalue weighted by Gasteiger charge is -2.01. The molecule has 0 fully saturated rings.